The number of hydrogen-bond acceptors (Lipinski definition) is 3. The standard InChI is InChI=1S/C15H23FN2O/c1-11(17)13-6-3-7-14(16)15(13)18(2)9-12-5-4-8-19-10-12/h3,6-7,11-12H,4-5,8-10,17H2,1-2H3/t11-,12?/m0/s1. The van der Waals surface area contributed by atoms with Crippen molar-refractivity contribution in [3.05, 3.63) is 29.6 Å². The lowest BCUT2D eigenvalue weighted by Gasteiger charge is -2.30. The molecule has 1 aliphatic heterocycles. The maximum atomic E-state index is 14.1. The highest BCUT2D eigenvalue weighted by atomic mass is 19.1. The van der Waals surface area contributed by atoms with Crippen LogP contribution in [0.5, 0.6) is 0 Å². The van der Waals surface area contributed by atoms with Crippen LogP contribution in [0, 0.1) is 11.7 Å². The minimum atomic E-state index is -0.200. The fourth-order valence-electron chi connectivity index (χ4n) is 2.73. The van der Waals surface area contributed by atoms with Gasteiger partial charge in [0, 0.05) is 26.2 Å². The van der Waals surface area contributed by atoms with Crippen molar-refractivity contribution in [3.63, 3.8) is 0 Å². The Morgan fingerprint density at radius 3 is 2.95 bits per heavy atom. The number of halogens is 1. The van der Waals surface area contributed by atoms with Gasteiger partial charge in [-0.05, 0) is 37.3 Å². The second-order valence-electron chi connectivity index (χ2n) is 5.43. The molecule has 0 saturated carbocycles. The van der Waals surface area contributed by atoms with Gasteiger partial charge in [0.05, 0.1) is 12.3 Å². The van der Waals surface area contributed by atoms with Gasteiger partial charge < -0.3 is 15.4 Å². The van der Waals surface area contributed by atoms with E-state index in [1.807, 2.05) is 24.9 Å². The van der Waals surface area contributed by atoms with Gasteiger partial charge in [-0.2, -0.15) is 0 Å². The van der Waals surface area contributed by atoms with E-state index in [1.165, 1.54) is 6.07 Å². The summed E-state index contributed by atoms with van der Waals surface area (Å²) in [6, 6.07) is 4.94. The van der Waals surface area contributed by atoms with Gasteiger partial charge in [0.1, 0.15) is 5.82 Å². The zero-order chi connectivity index (χ0) is 13.8. The Morgan fingerprint density at radius 2 is 2.32 bits per heavy atom. The minimum absolute atomic E-state index is 0.171. The zero-order valence-electron chi connectivity index (χ0n) is 11.7. The maximum absolute atomic E-state index is 14.1. The molecule has 106 valence electrons. The molecule has 1 saturated heterocycles. The lowest BCUT2D eigenvalue weighted by atomic mass is 10.00. The summed E-state index contributed by atoms with van der Waals surface area (Å²) < 4.78 is 19.6. The average Bonchev–Trinajstić information content (AvgIpc) is 2.39. The van der Waals surface area contributed by atoms with Crippen LogP contribution in [-0.4, -0.2) is 26.8 Å². The molecule has 0 spiro atoms. The third-order valence-corrected chi connectivity index (χ3v) is 3.68. The molecule has 1 unspecified atom stereocenters. The van der Waals surface area contributed by atoms with E-state index < -0.39 is 0 Å². The molecule has 1 aromatic rings. The minimum Gasteiger partial charge on any atom is -0.381 e. The number of ether oxygens (including phenoxy) is 1. The number of nitrogens with zero attached hydrogens (tertiary/aromatic N) is 1. The summed E-state index contributed by atoms with van der Waals surface area (Å²) in [6.07, 6.45) is 2.24. The fourth-order valence-corrected chi connectivity index (χ4v) is 2.73. The van der Waals surface area contributed by atoms with Crippen LogP contribution >= 0.6 is 0 Å². The molecule has 2 rings (SSSR count). The van der Waals surface area contributed by atoms with E-state index in [4.69, 9.17) is 10.5 Å². The molecule has 0 bridgehead atoms. The predicted molar refractivity (Wildman–Crippen MR) is 75.8 cm³/mol. The summed E-state index contributed by atoms with van der Waals surface area (Å²) in [6.45, 7) is 4.31. The van der Waals surface area contributed by atoms with Crippen LogP contribution in [0.3, 0.4) is 0 Å². The highest BCUT2D eigenvalue weighted by molar-refractivity contribution is 5.55. The van der Waals surface area contributed by atoms with Gasteiger partial charge in [-0.15, -0.1) is 0 Å². The van der Waals surface area contributed by atoms with Gasteiger partial charge in [-0.25, -0.2) is 4.39 Å². The summed E-state index contributed by atoms with van der Waals surface area (Å²) in [4.78, 5) is 1.98. The van der Waals surface area contributed by atoms with Crippen molar-refractivity contribution in [2.45, 2.75) is 25.8 Å². The molecular weight excluding hydrogens is 243 g/mol. The van der Waals surface area contributed by atoms with Gasteiger partial charge in [-0.3, -0.25) is 0 Å². The third-order valence-electron chi connectivity index (χ3n) is 3.68. The van der Waals surface area contributed by atoms with Crippen LogP contribution in [0.2, 0.25) is 0 Å². The Hall–Kier alpha value is -1.13. The van der Waals surface area contributed by atoms with E-state index in [9.17, 15) is 4.39 Å². The molecular formula is C15H23FN2O. The largest absolute Gasteiger partial charge is 0.381 e. The van der Waals surface area contributed by atoms with Gasteiger partial charge in [0.25, 0.3) is 0 Å². The topological polar surface area (TPSA) is 38.5 Å². The summed E-state index contributed by atoms with van der Waals surface area (Å²) >= 11 is 0. The second-order valence-corrected chi connectivity index (χ2v) is 5.43. The van der Waals surface area contributed by atoms with Gasteiger partial charge >= 0.3 is 0 Å². The molecule has 1 aliphatic rings. The van der Waals surface area contributed by atoms with Gasteiger partial charge in [0.2, 0.25) is 0 Å². The summed E-state index contributed by atoms with van der Waals surface area (Å²) in [5.41, 5.74) is 7.42. The first-order valence-corrected chi connectivity index (χ1v) is 6.92. The molecule has 0 radical (unpaired) electrons. The van der Waals surface area contributed by atoms with Crippen molar-refractivity contribution in [1.29, 1.82) is 0 Å². The van der Waals surface area contributed by atoms with Crippen molar-refractivity contribution < 1.29 is 9.13 Å². The van der Waals surface area contributed by atoms with Crippen LogP contribution in [0.1, 0.15) is 31.4 Å². The predicted octanol–water partition coefficient (Wildman–Crippen LogP) is 2.71. The lowest BCUT2D eigenvalue weighted by molar-refractivity contribution is 0.0576. The van der Waals surface area contributed by atoms with E-state index >= 15 is 0 Å². The molecule has 0 aliphatic carbocycles. The summed E-state index contributed by atoms with van der Waals surface area (Å²) in [7, 11) is 1.93. The molecule has 2 atom stereocenters. The van der Waals surface area contributed by atoms with E-state index in [0.717, 1.165) is 38.2 Å². The Kier molecular flexibility index (Phi) is 4.77. The molecule has 1 aromatic carbocycles. The zero-order valence-corrected chi connectivity index (χ0v) is 11.7. The monoisotopic (exact) mass is 266 g/mol. The van der Waals surface area contributed by atoms with E-state index in [0.29, 0.717) is 11.6 Å². The Morgan fingerprint density at radius 1 is 1.53 bits per heavy atom. The first-order chi connectivity index (χ1) is 9.09. The first kappa shape index (κ1) is 14.3. The Bertz CT molecular complexity index is 417. The van der Waals surface area contributed by atoms with Crippen molar-refractivity contribution >= 4 is 5.69 Å². The van der Waals surface area contributed by atoms with Crippen LogP contribution < -0.4 is 10.6 Å². The number of nitrogens with two attached hydrogens (primary N) is 1. The van der Waals surface area contributed by atoms with E-state index in [-0.39, 0.29) is 11.9 Å². The molecule has 19 heavy (non-hydrogen) atoms. The second kappa shape index (κ2) is 6.35. The molecule has 1 fully saturated rings. The third kappa shape index (κ3) is 3.45. The molecule has 1 heterocycles. The number of hydrogen-bond donors (Lipinski definition) is 1. The number of rotatable bonds is 4. The Balaban J connectivity index is 2.15. The molecule has 0 amide bonds. The first-order valence-electron chi connectivity index (χ1n) is 6.92. The van der Waals surface area contributed by atoms with Crippen LogP contribution in [-0.2, 0) is 4.74 Å². The van der Waals surface area contributed by atoms with Crippen molar-refractivity contribution in [2.24, 2.45) is 11.7 Å². The van der Waals surface area contributed by atoms with Gasteiger partial charge in [0.15, 0.2) is 0 Å². The van der Waals surface area contributed by atoms with Gasteiger partial charge in [-0.1, -0.05) is 12.1 Å². The van der Waals surface area contributed by atoms with E-state index in [2.05, 4.69) is 0 Å². The van der Waals surface area contributed by atoms with Crippen molar-refractivity contribution in [2.75, 3.05) is 31.7 Å². The Labute approximate surface area is 114 Å². The van der Waals surface area contributed by atoms with Crippen LogP contribution in [0.15, 0.2) is 18.2 Å². The normalized spacial score (nSPS) is 21.2. The molecule has 4 heteroatoms. The average molecular weight is 266 g/mol. The SMILES string of the molecule is C[C@H](N)c1cccc(F)c1N(C)CC1CCCOC1. The van der Waals surface area contributed by atoms with Crippen LogP contribution in [0.4, 0.5) is 10.1 Å². The fraction of sp³-hybridized carbons (Fsp3) is 0.600. The van der Waals surface area contributed by atoms with Crippen molar-refractivity contribution in [1.82, 2.24) is 0 Å². The van der Waals surface area contributed by atoms with Crippen LogP contribution in [0.25, 0.3) is 0 Å². The highest BCUT2D eigenvalue weighted by Gasteiger charge is 2.20. The van der Waals surface area contributed by atoms with E-state index in [1.54, 1.807) is 6.07 Å². The number of anilines is 1. The molecule has 3 nitrogen and oxygen atoms in total. The summed E-state index contributed by atoms with van der Waals surface area (Å²) in [5.74, 6) is 0.272. The number of benzene rings is 1. The van der Waals surface area contributed by atoms with Crippen molar-refractivity contribution in [3.8, 4) is 0 Å². The highest BCUT2D eigenvalue weighted by Crippen LogP contribution is 2.29. The quantitative estimate of drug-likeness (QED) is 0.910. The number of para-hydroxylation sites is 1. The molecule has 2 N–H and O–H groups in total. The molecule has 0 aromatic heterocycles. The summed E-state index contributed by atoms with van der Waals surface area (Å²) in [5, 5.41) is 0. The lowest BCUT2D eigenvalue weighted by Crippen LogP contribution is -2.32. The maximum Gasteiger partial charge on any atom is 0.146 e. The smallest absolute Gasteiger partial charge is 0.146 e.